The number of nitrogens with zero attached hydrogens (tertiary/aromatic N) is 1. The van der Waals surface area contributed by atoms with E-state index in [9.17, 15) is 9.18 Å². The van der Waals surface area contributed by atoms with Gasteiger partial charge in [0.1, 0.15) is 32.6 Å². The summed E-state index contributed by atoms with van der Waals surface area (Å²) in [7, 11) is 1.53. The second kappa shape index (κ2) is 7.59. The van der Waals surface area contributed by atoms with Crippen molar-refractivity contribution in [2.24, 2.45) is 0 Å². The van der Waals surface area contributed by atoms with Crippen LogP contribution in [-0.2, 0) is 4.74 Å². The Morgan fingerprint density at radius 2 is 2.04 bits per heavy atom. The number of anilines is 2. The van der Waals surface area contributed by atoms with E-state index in [2.05, 4.69) is 10.3 Å². The number of aromatic nitrogens is 1. The zero-order valence-electron chi connectivity index (χ0n) is 15.2. The third-order valence-electron chi connectivity index (χ3n) is 3.54. The van der Waals surface area contributed by atoms with Crippen LogP contribution < -0.4 is 10.1 Å². The molecule has 27 heavy (non-hydrogen) atoms. The molecule has 0 amide bonds. The lowest BCUT2D eigenvalue weighted by Gasteiger charge is -2.20. The molecule has 0 aliphatic heterocycles. The molecule has 1 aromatic carbocycles. The average molecular weight is 500 g/mol. The normalized spacial score (nSPS) is 11.5. The van der Waals surface area contributed by atoms with E-state index in [0.717, 1.165) is 3.57 Å². The summed E-state index contributed by atoms with van der Waals surface area (Å²) in [5.41, 5.74) is -0.0729. The van der Waals surface area contributed by atoms with Gasteiger partial charge in [-0.25, -0.2) is 14.2 Å². The highest BCUT2D eigenvalue weighted by Crippen LogP contribution is 2.39. The molecule has 0 bridgehead atoms. The SMILES string of the molecule is COc1cnc2sc(Nc3ccc(I)cc3F)c(C(=O)OC(C)(C)C)c2c1. The third kappa shape index (κ3) is 4.49. The monoisotopic (exact) mass is 500 g/mol. The molecule has 2 aromatic heterocycles. The van der Waals surface area contributed by atoms with Crippen LogP contribution in [0.25, 0.3) is 10.2 Å². The van der Waals surface area contributed by atoms with Gasteiger partial charge in [0.05, 0.1) is 19.0 Å². The van der Waals surface area contributed by atoms with Crippen molar-refractivity contribution in [3.63, 3.8) is 0 Å². The molecule has 0 unspecified atom stereocenters. The molecular weight excluding hydrogens is 482 g/mol. The molecule has 0 radical (unpaired) electrons. The van der Waals surface area contributed by atoms with Gasteiger partial charge in [0.15, 0.2) is 0 Å². The van der Waals surface area contributed by atoms with Crippen molar-refractivity contribution in [1.29, 1.82) is 0 Å². The summed E-state index contributed by atoms with van der Waals surface area (Å²) < 4.78 is 25.9. The van der Waals surface area contributed by atoms with Crippen molar-refractivity contribution in [3.05, 3.63) is 45.4 Å². The van der Waals surface area contributed by atoms with Gasteiger partial charge in [0, 0.05) is 8.96 Å². The van der Waals surface area contributed by atoms with Gasteiger partial charge in [-0.3, -0.25) is 0 Å². The fourth-order valence-electron chi connectivity index (χ4n) is 2.41. The van der Waals surface area contributed by atoms with Gasteiger partial charge >= 0.3 is 5.97 Å². The van der Waals surface area contributed by atoms with Gasteiger partial charge < -0.3 is 14.8 Å². The Hall–Kier alpha value is -1.94. The highest BCUT2D eigenvalue weighted by molar-refractivity contribution is 14.1. The number of benzene rings is 1. The van der Waals surface area contributed by atoms with E-state index in [1.807, 2.05) is 22.6 Å². The molecule has 3 rings (SSSR count). The Kier molecular flexibility index (Phi) is 5.57. The number of carbonyl (C=O) groups excluding carboxylic acids is 1. The van der Waals surface area contributed by atoms with Crippen molar-refractivity contribution in [2.75, 3.05) is 12.4 Å². The molecule has 0 fully saturated rings. The van der Waals surface area contributed by atoms with Gasteiger partial charge in [-0.2, -0.15) is 0 Å². The minimum absolute atomic E-state index is 0.277. The maximum atomic E-state index is 14.3. The number of fused-ring (bicyclic) bond motifs is 1. The molecule has 5 nitrogen and oxygen atoms in total. The number of rotatable bonds is 4. The number of ether oxygens (including phenoxy) is 2. The smallest absolute Gasteiger partial charge is 0.342 e. The number of pyridine rings is 1. The highest BCUT2D eigenvalue weighted by atomic mass is 127. The summed E-state index contributed by atoms with van der Waals surface area (Å²) in [6.45, 7) is 5.39. The fraction of sp³-hybridized carbons (Fsp3) is 0.263. The Morgan fingerprint density at radius 3 is 2.67 bits per heavy atom. The average Bonchev–Trinajstić information content (AvgIpc) is 2.92. The molecule has 2 heterocycles. The van der Waals surface area contributed by atoms with Crippen LogP contribution in [-0.4, -0.2) is 23.7 Å². The summed E-state index contributed by atoms with van der Waals surface area (Å²) in [6, 6.07) is 6.57. The van der Waals surface area contributed by atoms with Gasteiger partial charge in [-0.1, -0.05) is 11.3 Å². The van der Waals surface area contributed by atoms with E-state index < -0.39 is 17.4 Å². The Morgan fingerprint density at radius 1 is 1.30 bits per heavy atom. The van der Waals surface area contributed by atoms with E-state index >= 15 is 0 Å². The van der Waals surface area contributed by atoms with Gasteiger partial charge in [0.25, 0.3) is 0 Å². The number of esters is 1. The minimum Gasteiger partial charge on any atom is -0.495 e. The zero-order valence-corrected chi connectivity index (χ0v) is 18.2. The molecule has 8 heteroatoms. The van der Waals surface area contributed by atoms with E-state index in [0.29, 0.717) is 26.5 Å². The van der Waals surface area contributed by atoms with Crippen LogP contribution >= 0.6 is 33.9 Å². The van der Waals surface area contributed by atoms with Crippen LogP contribution in [0.4, 0.5) is 15.1 Å². The maximum Gasteiger partial charge on any atom is 0.342 e. The zero-order chi connectivity index (χ0) is 19.8. The van der Waals surface area contributed by atoms with Crippen LogP contribution in [0.15, 0.2) is 30.5 Å². The number of nitrogens with one attached hydrogen (secondary N) is 1. The van der Waals surface area contributed by atoms with E-state index in [-0.39, 0.29) is 5.69 Å². The molecular formula is C19H18FIN2O3S. The molecule has 0 saturated heterocycles. The Labute approximate surface area is 174 Å². The largest absolute Gasteiger partial charge is 0.495 e. The topological polar surface area (TPSA) is 60.5 Å². The molecule has 0 aliphatic rings. The molecule has 1 N–H and O–H groups in total. The Bertz CT molecular complexity index is 1010. The molecule has 3 aromatic rings. The van der Waals surface area contributed by atoms with Crippen LogP contribution in [0.5, 0.6) is 5.75 Å². The second-order valence-electron chi connectivity index (χ2n) is 6.79. The van der Waals surface area contributed by atoms with Crippen LogP contribution in [0.2, 0.25) is 0 Å². The van der Waals surface area contributed by atoms with Crippen molar-refractivity contribution in [1.82, 2.24) is 4.98 Å². The highest BCUT2D eigenvalue weighted by Gasteiger charge is 2.26. The fourth-order valence-corrected chi connectivity index (χ4v) is 3.89. The maximum absolute atomic E-state index is 14.3. The first-order valence-corrected chi connectivity index (χ1v) is 9.99. The molecule has 0 spiro atoms. The molecule has 142 valence electrons. The first-order chi connectivity index (χ1) is 12.7. The number of thiophene rings is 1. The third-order valence-corrected chi connectivity index (χ3v) is 5.24. The van der Waals surface area contributed by atoms with Crippen LogP contribution in [0, 0.1) is 9.39 Å². The first kappa shape index (κ1) is 19.8. The Balaban J connectivity index is 2.12. The van der Waals surface area contributed by atoms with Crippen LogP contribution in [0.3, 0.4) is 0 Å². The van der Waals surface area contributed by atoms with E-state index in [1.54, 1.807) is 45.2 Å². The lowest BCUT2D eigenvalue weighted by atomic mass is 10.1. The lowest BCUT2D eigenvalue weighted by molar-refractivity contribution is 0.00734. The van der Waals surface area contributed by atoms with E-state index in [1.165, 1.54) is 24.5 Å². The van der Waals surface area contributed by atoms with Crippen molar-refractivity contribution < 1.29 is 18.7 Å². The van der Waals surface area contributed by atoms with Gasteiger partial charge in [0.2, 0.25) is 0 Å². The number of halogens is 2. The second-order valence-corrected chi connectivity index (χ2v) is 9.03. The number of carbonyl (C=O) groups is 1. The predicted octanol–water partition coefficient (Wildman–Crippen LogP) is 5.75. The number of hydrogen-bond donors (Lipinski definition) is 1. The summed E-state index contributed by atoms with van der Waals surface area (Å²) in [4.78, 5) is 17.8. The minimum atomic E-state index is -0.664. The quantitative estimate of drug-likeness (QED) is 0.366. The van der Waals surface area contributed by atoms with Crippen molar-refractivity contribution in [3.8, 4) is 5.75 Å². The van der Waals surface area contributed by atoms with Gasteiger partial charge in [-0.05, 0) is 67.6 Å². The van der Waals surface area contributed by atoms with Crippen molar-refractivity contribution in [2.45, 2.75) is 26.4 Å². The summed E-state index contributed by atoms with van der Waals surface area (Å²) in [5, 5.41) is 4.09. The summed E-state index contributed by atoms with van der Waals surface area (Å²) in [6.07, 6.45) is 1.58. The van der Waals surface area contributed by atoms with Crippen LogP contribution in [0.1, 0.15) is 31.1 Å². The number of methoxy groups -OCH3 is 1. The predicted molar refractivity (Wildman–Crippen MR) is 114 cm³/mol. The molecule has 0 atom stereocenters. The molecule has 0 saturated carbocycles. The summed E-state index contributed by atoms with van der Waals surface area (Å²) >= 11 is 3.30. The van der Waals surface area contributed by atoms with Gasteiger partial charge in [-0.15, -0.1) is 0 Å². The molecule has 0 aliphatic carbocycles. The first-order valence-electron chi connectivity index (χ1n) is 8.10. The summed E-state index contributed by atoms with van der Waals surface area (Å²) in [5.74, 6) is -0.380. The van der Waals surface area contributed by atoms with E-state index in [4.69, 9.17) is 9.47 Å². The lowest BCUT2D eigenvalue weighted by Crippen LogP contribution is -2.24. The number of hydrogen-bond acceptors (Lipinski definition) is 6. The standard InChI is InChI=1S/C19H18FIN2O3S/c1-19(2,3)26-18(24)15-12-8-11(25-4)9-22-16(12)27-17(15)23-14-6-5-10(21)7-13(14)20/h5-9,23H,1-4H3. The van der Waals surface area contributed by atoms with Crippen molar-refractivity contribution >= 4 is 60.8 Å².